The summed E-state index contributed by atoms with van der Waals surface area (Å²) >= 11 is 0. The first-order valence-electron chi connectivity index (χ1n) is 5.32. The molecule has 2 rings (SSSR count). The maximum Gasteiger partial charge on any atom is 0.131 e. The molecule has 0 aliphatic heterocycles. The lowest BCUT2D eigenvalue weighted by Gasteiger charge is -2.07. The Kier molecular flexibility index (Phi) is 2.40. The summed E-state index contributed by atoms with van der Waals surface area (Å²) in [6.45, 7) is 4.10. The van der Waals surface area contributed by atoms with Crippen LogP contribution >= 0.6 is 0 Å². The van der Waals surface area contributed by atoms with Gasteiger partial charge in [-0.15, -0.1) is 0 Å². The van der Waals surface area contributed by atoms with Gasteiger partial charge in [0.25, 0.3) is 0 Å². The molecule has 1 aromatic heterocycles. The molecule has 0 bridgehead atoms. The Bertz CT molecular complexity index is 343. The molecule has 3 nitrogen and oxygen atoms in total. The predicted octanol–water partition coefficient (Wildman–Crippen LogP) is 1.88. The highest BCUT2D eigenvalue weighted by molar-refractivity contribution is 5.41. The van der Waals surface area contributed by atoms with Gasteiger partial charge in [0.1, 0.15) is 11.6 Å². The standard InChI is InChI=1S/C11H17N3/c1-3-9-7(2)11(12)14-10(13-9)6-8-4-5-8/h8H,3-6H2,1-2H3,(H2,12,13,14). The van der Waals surface area contributed by atoms with Crippen LogP contribution in [0.4, 0.5) is 5.82 Å². The summed E-state index contributed by atoms with van der Waals surface area (Å²) in [4.78, 5) is 8.87. The Morgan fingerprint density at radius 3 is 2.64 bits per heavy atom. The summed E-state index contributed by atoms with van der Waals surface area (Å²) in [6, 6.07) is 0. The maximum atomic E-state index is 5.84. The van der Waals surface area contributed by atoms with Crippen molar-refractivity contribution in [1.82, 2.24) is 9.97 Å². The third-order valence-corrected chi connectivity index (χ3v) is 2.83. The zero-order chi connectivity index (χ0) is 10.1. The summed E-state index contributed by atoms with van der Waals surface area (Å²) in [5.41, 5.74) is 8.00. The van der Waals surface area contributed by atoms with E-state index in [1.807, 2.05) is 6.92 Å². The zero-order valence-electron chi connectivity index (χ0n) is 8.88. The van der Waals surface area contributed by atoms with Gasteiger partial charge in [0.2, 0.25) is 0 Å². The van der Waals surface area contributed by atoms with Crippen molar-refractivity contribution in [2.24, 2.45) is 5.92 Å². The smallest absolute Gasteiger partial charge is 0.131 e. The molecule has 0 atom stereocenters. The van der Waals surface area contributed by atoms with Crippen molar-refractivity contribution >= 4 is 5.82 Å². The Labute approximate surface area is 84.8 Å². The van der Waals surface area contributed by atoms with Gasteiger partial charge in [0.15, 0.2) is 0 Å². The monoisotopic (exact) mass is 191 g/mol. The third kappa shape index (κ3) is 1.86. The number of aryl methyl sites for hydroxylation is 1. The van der Waals surface area contributed by atoms with Crippen molar-refractivity contribution in [3.8, 4) is 0 Å². The molecule has 0 unspecified atom stereocenters. The van der Waals surface area contributed by atoms with E-state index >= 15 is 0 Å². The van der Waals surface area contributed by atoms with E-state index in [4.69, 9.17) is 5.73 Å². The minimum atomic E-state index is 0.660. The number of anilines is 1. The number of nitrogen functional groups attached to an aromatic ring is 1. The molecule has 1 aliphatic carbocycles. The van der Waals surface area contributed by atoms with Gasteiger partial charge in [-0.2, -0.15) is 0 Å². The first kappa shape index (κ1) is 9.44. The second-order valence-electron chi connectivity index (χ2n) is 4.10. The summed E-state index contributed by atoms with van der Waals surface area (Å²) in [7, 11) is 0. The Morgan fingerprint density at radius 1 is 1.36 bits per heavy atom. The topological polar surface area (TPSA) is 51.8 Å². The summed E-state index contributed by atoms with van der Waals surface area (Å²) < 4.78 is 0. The van der Waals surface area contributed by atoms with E-state index in [-0.39, 0.29) is 0 Å². The van der Waals surface area contributed by atoms with Crippen LogP contribution in [-0.4, -0.2) is 9.97 Å². The molecule has 1 saturated carbocycles. The molecule has 14 heavy (non-hydrogen) atoms. The van der Waals surface area contributed by atoms with Gasteiger partial charge >= 0.3 is 0 Å². The van der Waals surface area contributed by atoms with Crippen molar-refractivity contribution in [2.75, 3.05) is 5.73 Å². The highest BCUT2D eigenvalue weighted by atomic mass is 15.0. The highest BCUT2D eigenvalue weighted by Crippen LogP contribution is 2.32. The van der Waals surface area contributed by atoms with Crippen LogP contribution in [0.5, 0.6) is 0 Å². The molecule has 0 radical (unpaired) electrons. The third-order valence-electron chi connectivity index (χ3n) is 2.83. The second-order valence-corrected chi connectivity index (χ2v) is 4.10. The van der Waals surface area contributed by atoms with E-state index in [1.54, 1.807) is 0 Å². The van der Waals surface area contributed by atoms with Crippen molar-refractivity contribution in [3.63, 3.8) is 0 Å². The second kappa shape index (κ2) is 3.56. The average Bonchev–Trinajstić information content (AvgIpc) is 2.95. The van der Waals surface area contributed by atoms with Gasteiger partial charge in [-0.05, 0) is 32.1 Å². The molecule has 0 aromatic carbocycles. The normalized spacial score (nSPS) is 15.9. The van der Waals surface area contributed by atoms with Crippen molar-refractivity contribution in [2.45, 2.75) is 39.5 Å². The van der Waals surface area contributed by atoms with E-state index in [1.165, 1.54) is 12.8 Å². The molecule has 1 aromatic rings. The van der Waals surface area contributed by atoms with E-state index in [0.29, 0.717) is 5.82 Å². The molecule has 3 heteroatoms. The number of rotatable bonds is 3. The number of aromatic nitrogens is 2. The summed E-state index contributed by atoms with van der Waals surface area (Å²) in [5.74, 6) is 2.42. The lowest BCUT2D eigenvalue weighted by atomic mass is 10.2. The lowest BCUT2D eigenvalue weighted by Crippen LogP contribution is -2.07. The maximum absolute atomic E-state index is 5.84. The number of nitrogens with two attached hydrogens (primary N) is 1. The van der Waals surface area contributed by atoms with E-state index in [9.17, 15) is 0 Å². The van der Waals surface area contributed by atoms with Crippen molar-refractivity contribution < 1.29 is 0 Å². The highest BCUT2D eigenvalue weighted by Gasteiger charge is 2.23. The van der Waals surface area contributed by atoms with Gasteiger partial charge in [-0.1, -0.05) is 6.92 Å². The first-order valence-corrected chi connectivity index (χ1v) is 5.32. The fraction of sp³-hybridized carbons (Fsp3) is 0.636. The van der Waals surface area contributed by atoms with Crippen molar-refractivity contribution in [1.29, 1.82) is 0 Å². The number of hydrogen-bond acceptors (Lipinski definition) is 3. The van der Waals surface area contributed by atoms with Gasteiger partial charge in [0.05, 0.1) is 0 Å². The SMILES string of the molecule is CCc1nc(CC2CC2)nc(N)c1C. The lowest BCUT2D eigenvalue weighted by molar-refractivity contribution is 0.756. The molecule has 1 heterocycles. The molecule has 1 fully saturated rings. The number of nitrogens with zero attached hydrogens (tertiary/aromatic N) is 2. The van der Waals surface area contributed by atoms with Gasteiger partial charge in [-0.3, -0.25) is 0 Å². The minimum absolute atomic E-state index is 0.660. The molecule has 2 N–H and O–H groups in total. The molecule has 0 saturated heterocycles. The Morgan fingerprint density at radius 2 is 2.07 bits per heavy atom. The summed E-state index contributed by atoms with van der Waals surface area (Å²) in [5, 5.41) is 0. The molecule has 0 amide bonds. The van der Waals surface area contributed by atoms with Crippen LogP contribution in [0.3, 0.4) is 0 Å². The van der Waals surface area contributed by atoms with Crippen LogP contribution in [-0.2, 0) is 12.8 Å². The number of hydrogen-bond donors (Lipinski definition) is 1. The van der Waals surface area contributed by atoms with Gasteiger partial charge in [-0.25, -0.2) is 9.97 Å². The average molecular weight is 191 g/mol. The molecule has 76 valence electrons. The van der Waals surface area contributed by atoms with Crippen LogP contribution in [0.15, 0.2) is 0 Å². The fourth-order valence-corrected chi connectivity index (χ4v) is 1.65. The first-order chi connectivity index (χ1) is 6.70. The quantitative estimate of drug-likeness (QED) is 0.793. The molecule has 0 spiro atoms. The predicted molar refractivity (Wildman–Crippen MR) is 57.0 cm³/mol. The van der Waals surface area contributed by atoms with E-state index in [2.05, 4.69) is 16.9 Å². The van der Waals surface area contributed by atoms with Crippen LogP contribution in [0.25, 0.3) is 0 Å². The molecular formula is C11H17N3. The van der Waals surface area contributed by atoms with Crippen LogP contribution in [0.2, 0.25) is 0 Å². The molecular weight excluding hydrogens is 174 g/mol. The fourth-order valence-electron chi connectivity index (χ4n) is 1.65. The van der Waals surface area contributed by atoms with Crippen LogP contribution in [0, 0.1) is 12.8 Å². The van der Waals surface area contributed by atoms with Gasteiger partial charge < -0.3 is 5.73 Å². The molecule has 1 aliphatic rings. The van der Waals surface area contributed by atoms with Gasteiger partial charge in [0, 0.05) is 17.7 Å². The Hall–Kier alpha value is -1.12. The van der Waals surface area contributed by atoms with Crippen LogP contribution in [0.1, 0.15) is 36.8 Å². The van der Waals surface area contributed by atoms with Crippen LogP contribution < -0.4 is 5.73 Å². The Balaban J connectivity index is 2.27. The van der Waals surface area contributed by atoms with E-state index in [0.717, 1.165) is 35.8 Å². The zero-order valence-corrected chi connectivity index (χ0v) is 8.88. The van der Waals surface area contributed by atoms with Crippen molar-refractivity contribution in [3.05, 3.63) is 17.1 Å². The van der Waals surface area contributed by atoms with E-state index < -0.39 is 0 Å². The minimum Gasteiger partial charge on any atom is -0.383 e. The largest absolute Gasteiger partial charge is 0.383 e. The summed E-state index contributed by atoms with van der Waals surface area (Å²) in [6.07, 6.45) is 4.62.